The van der Waals surface area contributed by atoms with Gasteiger partial charge in [0.25, 0.3) is 0 Å². The highest BCUT2D eigenvalue weighted by Crippen LogP contribution is 2.27. The second kappa shape index (κ2) is 5.80. The fourth-order valence-corrected chi connectivity index (χ4v) is 3.22. The third kappa shape index (κ3) is 3.69. The van der Waals surface area contributed by atoms with Crippen LogP contribution in [0.2, 0.25) is 0 Å². The van der Waals surface area contributed by atoms with Crippen LogP contribution >= 0.6 is 0 Å². The molecule has 110 valence electrons. The maximum atomic E-state index is 12.4. The van der Waals surface area contributed by atoms with Crippen LogP contribution in [0.1, 0.15) is 46.0 Å². The minimum atomic E-state index is 0.100. The second-order valence-corrected chi connectivity index (χ2v) is 7.03. The van der Waals surface area contributed by atoms with E-state index in [0.717, 1.165) is 51.7 Å². The van der Waals surface area contributed by atoms with Gasteiger partial charge in [0.15, 0.2) is 0 Å². The first-order valence-corrected chi connectivity index (χ1v) is 7.63. The van der Waals surface area contributed by atoms with Gasteiger partial charge in [0.05, 0.1) is 0 Å². The van der Waals surface area contributed by atoms with E-state index in [-0.39, 0.29) is 5.54 Å². The number of piperazine rings is 1. The molecule has 1 saturated carbocycles. The lowest BCUT2D eigenvalue weighted by Gasteiger charge is -2.45. The Morgan fingerprint density at radius 1 is 1.21 bits per heavy atom. The van der Waals surface area contributed by atoms with Crippen molar-refractivity contribution in [2.75, 3.05) is 26.7 Å². The highest BCUT2D eigenvalue weighted by molar-refractivity contribution is 5.76. The van der Waals surface area contributed by atoms with Crippen LogP contribution in [0.15, 0.2) is 0 Å². The molecule has 0 aromatic carbocycles. The van der Waals surface area contributed by atoms with Gasteiger partial charge in [-0.15, -0.1) is 0 Å². The Morgan fingerprint density at radius 2 is 1.84 bits per heavy atom. The highest BCUT2D eigenvalue weighted by Gasteiger charge is 2.34. The Labute approximate surface area is 117 Å². The normalized spacial score (nSPS) is 32.3. The van der Waals surface area contributed by atoms with E-state index in [2.05, 4.69) is 30.7 Å². The van der Waals surface area contributed by atoms with Crippen LogP contribution in [0.3, 0.4) is 0 Å². The van der Waals surface area contributed by atoms with Gasteiger partial charge in [-0.3, -0.25) is 9.69 Å². The van der Waals surface area contributed by atoms with Gasteiger partial charge in [-0.2, -0.15) is 0 Å². The molecule has 4 heteroatoms. The number of hydrogen-bond donors (Lipinski definition) is 1. The van der Waals surface area contributed by atoms with Gasteiger partial charge in [-0.05, 0) is 52.5 Å². The van der Waals surface area contributed by atoms with E-state index >= 15 is 0 Å². The summed E-state index contributed by atoms with van der Waals surface area (Å²) in [7, 11) is 2.14. The molecule has 2 fully saturated rings. The van der Waals surface area contributed by atoms with Crippen LogP contribution in [0, 0.1) is 5.92 Å². The molecule has 1 aliphatic heterocycles. The molecule has 1 aliphatic carbocycles. The highest BCUT2D eigenvalue weighted by atomic mass is 16.2. The van der Waals surface area contributed by atoms with Crippen molar-refractivity contribution in [1.82, 2.24) is 9.80 Å². The van der Waals surface area contributed by atoms with Gasteiger partial charge < -0.3 is 10.6 Å². The number of carbonyl (C=O) groups is 1. The number of likely N-dealkylation sites (N-methyl/N-ethyl adjacent to an activating group) is 1. The van der Waals surface area contributed by atoms with Crippen molar-refractivity contribution in [1.29, 1.82) is 0 Å². The van der Waals surface area contributed by atoms with E-state index in [9.17, 15) is 4.79 Å². The molecule has 0 aromatic rings. The Kier molecular flexibility index (Phi) is 4.51. The smallest absolute Gasteiger partial charge is 0.222 e. The van der Waals surface area contributed by atoms with E-state index < -0.39 is 0 Å². The Morgan fingerprint density at radius 3 is 2.42 bits per heavy atom. The summed E-state index contributed by atoms with van der Waals surface area (Å²) >= 11 is 0. The number of carbonyl (C=O) groups excluding carboxylic acids is 1. The van der Waals surface area contributed by atoms with Gasteiger partial charge in [0.2, 0.25) is 5.91 Å². The zero-order chi connectivity index (χ0) is 14.0. The first-order valence-electron chi connectivity index (χ1n) is 7.63. The monoisotopic (exact) mass is 267 g/mol. The van der Waals surface area contributed by atoms with Crippen LogP contribution in [0.5, 0.6) is 0 Å². The Balaban J connectivity index is 1.83. The predicted octanol–water partition coefficient (Wildman–Crippen LogP) is 1.45. The molecule has 0 bridgehead atoms. The maximum Gasteiger partial charge on any atom is 0.222 e. The molecule has 2 rings (SSSR count). The van der Waals surface area contributed by atoms with Crippen molar-refractivity contribution < 1.29 is 4.79 Å². The third-order valence-corrected chi connectivity index (χ3v) is 5.02. The van der Waals surface area contributed by atoms with Gasteiger partial charge in [-0.25, -0.2) is 0 Å². The maximum absolute atomic E-state index is 12.4. The predicted molar refractivity (Wildman–Crippen MR) is 77.8 cm³/mol. The van der Waals surface area contributed by atoms with E-state index in [1.807, 2.05) is 0 Å². The first kappa shape index (κ1) is 14.8. The summed E-state index contributed by atoms with van der Waals surface area (Å²) in [6, 6.07) is 0.369. The standard InChI is InChI=1S/C15H29N3O/c1-15(2)11-18(9-8-17(15)3)14(19)10-12-4-6-13(16)7-5-12/h12-13H,4-11,16H2,1-3H3. The summed E-state index contributed by atoms with van der Waals surface area (Å²) in [5.74, 6) is 0.914. The number of rotatable bonds is 2. The molecule has 4 nitrogen and oxygen atoms in total. The van der Waals surface area contributed by atoms with Gasteiger partial charge in [0, 0.05) is 37.6 Å². The van der Waals surface area contributed by atoms with Crippen LogP contribution in [-0.4, -0.2) is 54.0 Å². The van der Waals surface area contributed by atoms with Crippen LogP contribution in [0.25, 0.3) is 0 Å². The van der Waals surface area contributed by atoms with Crippen molar-refractivity contribution >= 4 is 5.91 Å². The average molecular weight is 267 g/mol. The van der Waals surface area contributed by atoms with E-state index in [1.165, 1.54) is 0 Å². The Bertz CT molecular complexity index is 321. The van der Waals surface area contributed by atoms with Crippen molar-refractivity contribution in [2.24, 2.45) is 11.7 Å². The van der Waals surface area contributed by atoms with Gasteiger partial charge in [-0.1, -0.05) is 0 Å². The molecule has 2 aliphatic rings. The van der Waals surface area contributed by atoms with E-state index in [0.29, 0.717) is 17.9 Å². The summed E-state index contributed by atoms with van der Waals surface area (Å²) in [6.45, 7) is 7.14. The number of amides is 1. The molecule has 1 amide bonds. The number of hydrogen-bond acceptors (Lipinski definition) is 3. The largest absolute Gasteiger partial charge is 0.340 e. The molecule has 0 aromatic heterocycles. The fourth-order valence-electron chi connectivity index (χ4n) is 3.22. The molecule has 19 heavy (non-hydrogen) atoms. The SMILES string of the molecule is CN1CCN(C(=O)CC2CCC(N)CC2)CC1(C)C. The van der Waals surface area contributed by atoms with Crippen LogP contribution in [0.4, 0.5) is 0 Å². The average Bonchev–Trinajstić information content (AvgIpc) is 2.35. The lowest BCUT2D eigenvalue weighted by molar-refractivity contribution is -0.137. The van der Waals surface area contributed by atoms with Gasteiger partial charge >= 0.3 is 0 Å². The Hall–Kier alpha value is -0.610. The summed E-state index contributed by atoms with van der Waals surface area (Å²) in [5, 5.41) is 0. The van der Waals surface area contributed by atoms with Crippen molar-refractivity contribution in [3.63, 3.8) is 0 Å². The van der Waals surface area contributed by atoms with Crippen molar-refractivity contribution in [3.8, 4) is 0 Å². The zero-order valence-electron chi connectivity index (χ0n) is 12.7. The lowest BCUT2D eigenvalue weighted by atomic mass is 9.84. The second-order valence-electron chi connectivity index (χ2n) is 7.03. The summed E-state index contributed by atoms with van der Waals surface area (Å²) in [6.07, 6.45) is 5.17. The third-order valence-electron chi connectivity index (χ3n) is 5.02. The number of nitrogens with zero attached hydrogens (tertiary/aromatic N) is 2. The molecule has 1 saturated heterocycles. The lowest BCUT2D eigenvalue weighted by Crippen LogP contribution is -2.59. The zero-order valence-corrected chi connectivity index (χ0v) is 12.7. The van der Waals surface area contributed by atoms with E-state index in [1.54, 1.807) is 0 Å². The minimum Gasteiger partial charge on any atom is -0.340 e. The summed E-state index contributed by atoms with van der Waals surface area (Å²) in [4.78, 5) is 16.8. The van der Waals surface area contributed by atoms with Gasteiger partial charge in [0.1, 0.15) is 0 Å². The summed E-state index contributed by atoms with van der Waals surface area (Å²) < 4.78 is 0. The molecule has 2 N–H and O–H groups in total. The molecular formula is C15H29N3O. The summed E-state index contributed by atoms with van der Waals surface area (Å²) in [5.41, 5.74) is 6.02. The molecule has 1 heterocycles. The molecule has 0 unspecified atom stereocenters. The molecule has 0 atom stereocenters. The molecule has 0 spiro atoms. The van der Waals surface area contributed by atoms with E-state index in [4.69, 9.17) is 5.73 Å². The van der Waals surface area contributed by atoms with Crippen molar-refractivity contribution in [3.05, 3.63) is 0 Å². The quantitative estimate of drug-likeness (QED) is 0.824. The number of nitrogens with two attached hydrogens (primary N) is 1. The topological polar surface area (TPSA) is 49.6 Å². The van der Waals surface area contributed by atoms with Crippen LogP contribution < -0.4 is 5.73 Å². The minimum absolute atomic E-state index is 0.100. The van der Waals surface area contributed by atoms with Crippen molar-refractivity contribution in [2.45, 2.75) is 57.5 Å². The first-order chi connectivity index (χ1) is 8.88. The molecule has 0 radical (unpaired) electrons. The van der Waals surface area contributed by atoms with Crippen LogP contribution in [-0.2, 0) is 4.79 Å². The molecular weight excluding hydrogens is 238 g/mol. The fraction of sp³-hybridized carbons (Fsp3) is 0.933.